The van der Waals surface area contributed by atoms with Crippen molar-refractivity contribution in [1.29, 1.82) is 0 Å². The van der Waals surface area contributed by atoms with Gasteiger partial charge in [-0.15, -0.1) is 0 Å². The van der Waals surface area contributed by atoms with Crippen LogP contribution in [0.1, 0.15) is 42.0 Å². The molecule has 2 aliphatic heterocycles. The molecule has 3 aromatic rings. The van der Waals surface area contributed by atoms with E-state index in [-0.39, 0.29) is 18.6 Å². The Morgan fingerprint density at radius 3 is 2.67 bits per heavy atom. The zero-order valence-corrected chi connectivity index (χ0v) is 20.7. The lowest BCUT2D eigenvalue weighted by atomic mass is 9.85. The summed E-state index contributed by atoms with van der Waals surface area (Å²) in [5.41, 5.74) is 4.06. The summed E-state index contributed by atoms with van der Waals surface area (Å²) in [6.07, 6.45) is 1.12. The molecule has 0 amide bonds. The van der Waals surface area contributed by atoms with Crippen LogP contribution in [0, 0.1) is 0 Å². The van der Waals surface area contributed by atoms with Gasteiger partial charge in [0.2, 0.25) is 0 Å². The number of fused-ring (bicyclic) bond motifs is 5. The Bertz CT molecular complexity index is 1360. The number of cyclic esters (lactones) is 1. The Morgan fingerprint density at radius 2 is 1.94 bits per heavy atom. The summed E-state index contributed by atoms with van der Waals surface area (Å²) in [7, 11) is -1.28. The minimum absolute atomic E-state index is 0.107. The fourth-order valence-electron chi connectivity index (χ4n) is 5.10. The molecule has 0 radical (unpaired) electrons. The summed E-state index contributed by atoms with van der Waals surface area (Å²) in [6.45, 7) is 9.29. The van der Waals surface area contributed by atoms with Crippen LogP contribution in [-0.2, 0) is 34.7 Å². The third kappa shape index (κ3) is 3.63. The van der Waals surface area contributed by atoms with Gasteiger partial charge in [0.15, 0.2) is 0 Å². The lowest BCUT2D eigenvalue weighted by Crippen LogP contribution is -2.32. The number of esters is 1. The zero-order chi connectivity index (χ0) is 23.5. The number of ether oxygens (including phenoxy) is 1. The first kappa shape index (κ1) is 22.0. The number of hydrogen-bond acceptors (Lipinski definition) is 5. The number of aliphatic hydroxyl groups is 1. The van der Waals surface area contributed by atoms with E-state index in [0.29, 0.717) is 24.1 Å². The third-order valence-electron chi connectivity index (χ3n) is 7.10. The van der Waals surface area contributed by atoms with E-state index in [4.69, 9.17) is 9.72 Å². The molecule has 0 fully saturated rings. The minimum Gasteiger partial charge on any atom is -0.460 e. The number of carbonyl (C=O) groups excluding carboxylic acids is 1. The number of hydrogen-bond donors (Lipinski definition) is 1. The van der Waals surface area contributed by atoms with E-state index in [1.165, 1.54) is 5.56 Å². The Balaban J connectivity index is 1.75. The van der Waals surface area contributed by atoms with Crippen LogP contribution in [0.3, 0.4) is 0 Å². The van der Waals surface area contributed by atoms with Gasteiger partial charge in [-0.1, -0.05) is 50.8 Å². The fraction of sp³-hybridized carbons (Fsp3) is 0.423. The molecule has 0 saturated heterocycles. The van der Waals surface area contributed by atoms with E-state index < -0.39 is 19.6 Å². The van der Waals surface area contributed by atoms with Crippen LogP contribution in [-0.4, -0.2) is 28.7 Å². The molecule has 2 aliphatic rings. The van der Waals surface area contributed by atoms with E-state index in [9.17, 15) is 14.7 Å². The van der Waals surface area contributed by atoms with Crippen LogP contribution in [0.4, 0.5) is 0 Å². The maximum Gasteiger partial charge on any atom is 0.309 e. The number of benzene rings is 1. The number of rotatable bonds is 4. The average molecular weight is 463 g/mol. The molecule has 1 atom stereocenters. The molecule has 1 N–H and O–H groups in total. The molecule has 6 nitrogen and oxygen atoms in total. The summed E-state index contributed by atoms with van der Waals surface area (Å²) < 4.78 is 7.02. The Hall–Kier alpha value is -2.77. The van der Waals surface area contributed by atoms with Crippen molar-refractivity contribution in [2.75, 3.05) is 0 Å². The van der Waals surface area contributed by atoms with Crippen molar-refractivity contribution in [1.82, 2.24) is 9.55 Å². The molecule has 0 saturated carbocycles. The predicted molar refractivity (Wildman–Crippen MR) is 131 cm³/mol. The first-order valence-electron chi connectivity index (χ1n) is 11.7. The first-order valence-corrected chi connectivity index (χ1v) is 15.4. The SMILES string of the molecule is CC[C@@]1(O)CC(=O)OCc2c1cc1n(c2=O)Cc2c-1nc1ccccc1c2CC[Si](C)(C)C. The van der Waals surface area contributed by atoms with Gasteiger partial charge in [0.05, 0.1) is 35.4 Å². The maximum absolute atomic E-state index is 13.6. The van der Waals surface area contributed by atoms with Gasteiger partial charge in [0, 0.05) is 19.0 Å². The molecule has 172 valence electrons. The van der Waals surface area contributed by atoms with E-state index in [0.717, 1.165) is 40.3 Å². The number of aromatic nitrogens is 2. The van der Waals surface area contributed by atoms with Crippen molar-refractivity contribution >= 4 is 24.9 Å². The molecule has 7 heteroatoms. The molecule has 5 rings (SSSR count). The number of aryl methyl sites for hydroxylation is 1. The molecule has 0 aliphatic carbocycles. The lowest BCUT2D eigenvalue weighted by molar-refractivity contribution is -0.149. The quantitative estimate of drug-likeness (QED) is 0.360. The summed E-state index contributed by atoms with van der Waals surface area (Å²) in [5, 5.41) is 12.5. The molecule has 0 unspecified atom stereocenters. The van der Waals surface area contributed by atoms with Crippen molar-refractivity contribution in [3.63, 3.8) is 0 Å². The highest BCUT2D eigenvalue weighted by Gasteiger charge is 2.39. The number of nitrogens with zero attached hydrogens (tertiary/aromatic N) is 2. The largest absolute Gasteiger partial charge is 0.460 e. The topological polar surface area (TPSA) is 81.4 Å². The van der Waals surface area contributed by atoms with E-state index in [2.05, 4.69) is 25.7 Å². The molecular formula is C26H30N2O4Si. The summed E-state index contributed by atoms with van der Waals surface area (Å²) in [5.74, 6) is -0.488. The Morgan fingerprint density at radius 1 is 1.18 bits per heavy atom. The van der Waals surface area contributed by atoms with Gasteiger partial charge >= 0.3 is 5.97 Å². The average Bonchev–Trinajstić information content (AvgIpc) is 3.07. The van der Waals surface area contributed by atoms with Gasteiger partial charge in [0.25, 0.3) is 5.56 Å². The van der Waals surface area contributed by atoms with Gasteiger partial charge in [-0.25, -0.2) is 4.98 Å². The van der Waals surface area contributed by atoms with Crippen LogP contribution >= 0.6 is 0 Å². The summed E-state index contributed by atoms with van der Waals surface area (Å²) in [4.78, 5) is 30.7. The highest BCUT2D eigenvalue weighted by molar-refractivity contribution is 6.76. The van der Waals surface area contributed by atoms with Crippen molar-refractivity contribution in [3.8, 4) is 11.4 Å². The molecule has 33 heavy (non-hydrogen) atoms. The van der Waals surface area contributed by atoms with Crippen LogP contribution in [0.5, 0.6) is 0 Å². The maximum atomic E-state index is 13.6. The van der Waals surface area contributed by atoms with Crippen LogP contribution < -0.4 is 5.56 Å². The van der Waals surface area contributed by atoms with E-state index in [1.54, 1.807) is 4.57 Å². The molecular weight excluding hydrogens is 432 g/mol. The summed E-state index contributed by atoms with van der Waals surface area (Å²) in [6, 6.07) is 11.2. The zero-order valence-electron chi connectivity index (χ0n) is 19.7. The smallest absolute Gasteiger partial charge is 0.309 e. The van der Waals surface area contributed by atoms with Crippen molar-refractivity contribution < 1.29 is 14.6 Å². The van der Waals surface area contributed by atoms with Crippen molar-refractivity contribution in [3.05, 3.63) is 62.9 Å². The molecule has 0 bridgehead atoms. The lowest BCUT2D eigenvalue weighted by Gasteiger charge is -2.26. The highest BCUT2D eigenvalue weighted by Crippen LogP contribution is 2.40. The Labute approximate surface area is 194 Å². The van der Waals surface area contributed by atoms with Crippen molar-refractivity contribution in [2.24, 2.45) is 0 Å². The second-order valence-corrected chi connectivity index (χ2v) is 16.2. The number of pyridine rings is 2. The van der Waals surface area contributed by atoms with Gasteiger partial charge in [-0.3, -0.25) is 9.59 Å². The number of para-hydroxylation sites is 1. The van der Waals surface area contributed by atoms with Gasteiger partial charge < -0.3 is 14.4 Å². The first-order chi connectivity index (χ1) is 15.6. The second kappa shape index (κ2) is 7.63. The fourth-order valence-corrected chi connectivity index (χ4v) is 6.10. The normalized spacial score (nSPS) is 19.6. The molecule has 4 heterocycles. The number of carbonyl (C=O) groups is 1. The van der Waals surface area contributed by atoms with Crippen molar-refractivity contribution in [2.45, 2.75) is 70.6 Å². The van der Waals surface area contributed by atoms with Gasteiger partial charge in [-0.2, -0.15) is 0 Å². The van der Waals surface area contributed by atoms with E-state index in [1.807, 2.05) is 31.2 Å². The monoisotopic (exact) mass is 462 g/mol. The molecule has 0 spiro atoms. The minimum atomic E-state index is -1.42. The molecule has 1 aromatic carbocycles. The molecule has 2 aromatic heterocycles. The van der Waals surface area contributed by atoms with E-state index >= 15 is 0 Å². The van der Waals surface area contributed by atoms with Gasteiger partial charge in [0.1, 0.15) is 12.2 Å². The van der Waals surface area contributed by atoms with Crippen LogP contribution in [0.2, 0.25) is 25.7 Å². The standard InChI is InChI=1S/C26H30N2O4Si/c1-5-26(31)13-23(29)32-15-19-20(26)12-22-24-18(14-28(22)25(19)30)16(10-11-33(2,3)4)17-8-6-7-9-21(17)27-24/h6-9,12,31H,5,10-11,13-15H2,1-4H3/t26-/m1/s1. The predicted octanol–water partition coefficient (Wildman–Crippen LogP) is 4.35. The van der Waals surface area contributed by atoms with Crippen LogP contribution in [0.15, 0.2) is 35.1 Å². The Kier molecular flexibility index (Phi) is 5.10. The van der Waals surface area contributed by atoms with Crippen LogP contribution in [0.25, 0.3) is 22.3 Å². The summed E-state index contributed by atoms with van der Waals surface area (Å²) >= 11 is 0. The second-order valence-electron chi connectivity index (χ2n) is 10.5. The van der Waals surface area contributed by atoms with Gasteiger partial charge in [-0.05, 0) is 36.1 Å². The third-order valence-corrected chi connectivity index (χ3v) is 8.85. The highest BCUT2D eigenvalue weighted by atomic mass is 28.3.